The van der Waals surface area contributed by atoms with E-state index in [9.17, 15) is 9.59 Å². The Morgan fingerprint density at radius 3 is 1.22 bits per heavy atom. The fraction of sp³-hybridized carbons (Fsp3) is 0.786. The van der Waals surface area contributed by atoms with Gasteiger partial charge in [-0.2, -0.15) is 0 Å². The molecule has 32 heavy (non-hydrogen) atoms. The summed E-state index contributed by atoms with van der Waals surface area (Å²) < 4.78 is 0. The lowest BCUT2D eigenvalue weighted by Gasteiger charge is -2.55. The van der Waals surface area contributed by atoms with Crippen LogP contribution in [0.15, 0.2) is 23.5 Å². The highest BCUT2D eigenvalue weighted by molar-refractivity contribution is 5.86. The molecule has 0 unspecified atom stereocenters. The largest absolute Gasteiger partial charge is 0.329 e. The minimum absolute atomic E-state index is 0.112. The number of allylic oxidation sites excluding steroid dienone is 2. The van der Waals surface area contributed by atoms with Gasteiger partial charge in [0.15, 0.2) is 0 Å². The van der Waals surface area contributed by atoms with Gasteiger partial charge in [-0.15, -0.1) is 0 Å². The maximum absolute atomic E-state index is 13.5. The van der Waals surface area contributed by atoms with Crippen LogP contribution >= 0.6 is 0 Å². The third-order valence-electron chi connectivity index (χ3n) is 10.7. The highest BCUT2D eigenvalue weighted by atomic mass is 16.2. The first-order chi connectivity index (χ1) is 15.5. The molecule has 0 aromatic heterocycles. The fourth-order valence-electron chi connectivity index (χ4n) is 10.2. The first kappa shape index (κ1) is 19.9. The van der Waals surface area contributed by atoms with Crippen LogP contribution in [0.1, 0.15) is 89.9 Å². The zero-order valence-electron chi connectivity index (χ0n) is 19.3. The van der Waals surface area contributed by atoms with Gasteiger partial charge in [-0.05, 0) is 119 Å². The van der Waals surface area contributed by atoms with E-state index in [1.807, 2.05) is 0 Å². The van der Waals surface area contributed by atoms with Crippen LogP contribution < -0.4 is 10.6 Å². The Kier molecular flexibility index (Phi) is 4.32. The van der Waals surface area contributed by atoms with Crippen LogP contribution in [0.2, 0.25) is 0 Å². The standard InChI is InChI=1S/C28H38N2O2/c31-25(27-11-17-4-18(12-27)6-19(5-17)13-27)29-23-2-1-3-24(10-23)30-26(32)28-14-20-7-21(15-28)9-22(8-20)16-28/h2-3,17-22H,1,4-16H2,(H,29,31)(H,30,32). The van der Waals surface area contributed by atoms with Crippen LogP contribution in [0, 0.1) is 46.3 Å². The maximum atomic E-state index is 13.5. The Bertz CT molecular complexity index is 770. The lowest BCUT2D eigenvalue weighted by atomic mass is 9.49. The summed E-state index contributed by atoms with van der Waals surface area (Å²) in [6, 6.07) is 0. The first-order valence-corrected chi connectivity index (χ1v) is 13.5. The van der Waals surface area contributed by atoms with Gasteiger partial charge < -0.3 is 10.6 Å². The van der Waals surface area contributed by atoms with Crippen molar-refractivity contribution in [1.82, 2.24) is 10.6 Å². The molecule has 4 heteroatoms. The molecule has 9 aliphatic rings. The minimum Gasteiger partial charge on any atom is -0.329 e. The molecule has 0 saturated heterocycles. The molecule has 0 spiro atoms. The molecule has 4 nitrogen and oxygen atoms in total. The Balaban J connectivity index is 1.00. The second-order valence-corrected chi connectivity index (χ2v) is 13.2. The average molecular weight is 435 g/mol. The second kappa shape index (κ2) is 6.96. The van der Waals surface area contributed by atoms with Crippen molar-refractivity contribution in [3.63, 3.8) is 0 Å². The number of nitrogens with one attached hydrogen (secondary N) is 2. The van der Waals surface area contributed by atoms with Crippen LogP contribution in [0.3, 0.4) is 0 Å². The first-order valence-electron chi connectivity index (χ1n) is 13.5. The summed E-state index contributed by atoms with van der Waals surface area (Å²) in [6.45, 7) is 0. The third kappa shape index (κ3) is 3.15. The van der Waals surface area contributed by atoms with Crippen LogP contribution in [0.4, 0.5) is 0 Å². The molecule has 0 aliphatic heterocycles. The van der Waals surface area contributed by atoms with Crippen molar-refractivity contribution in [3.05, 3.63) is 23.5 Å². The number of hydrogen-bond donors (Lipinski definition) is 2. The molecule has 2 N–H and O–H groups in total. The van der Waals surface area contributed by atoms with Gasteiger partial charge in [-0.1, -0.05) is 12.2 Å². The highest BCUT2D eigenvalue weighted by Crippen LogP contribution is 2.61. The Labute approximate surface area is 192 Å². The minimum atomic E-state index is -0.112. The van der Waals surface area contributed by atoms with Gasteiger partial charge in [-0.25, -0.2) is 0 Å². The zero-order valence-corrected chi connectivity index (χ0v) is 19.3. The van der Waals surface area contributed by atoms with Gasteiger partial charge >= 0.3 is 0 Å². The van der Waals surface area contributed by atoms with Crippen molar-refractivity contribution < 1.29 is 9.59 Å². The van der Waals surface area contributed by atoms with Gasteiger partial charge in [0.05, 0.1) is 10.8 Å². The van der Waals surface area contributed by atoms with Crippen LogP contribution in [0.5, 0.6) is 0 Å². The molecule has 9 rings (SSSR count). The molecule has 172 valence electrons. The summed E-state index contributed by atoms with van der Waals surface area (Å²) in [4.78, 5) is 26.9. The van der Waals surface area contributed by atoms with E-state index in [0.29, 0.717) is 6.42 Å². The molecule has 0 aromatic carbocycles. The summed E-state index contributed by atoms with van der Waals surface area (Å²) in [5.74, 6) is 5.23. The summed E-state index contributed by atoms with van der Waals surface area (Å²) in [7, 11) is 0. The Morgan fingerprint density at radius 2 is 0.906 bits per heavy atom. The summed E-state index contributed by atoms with van der Waals surface area (Å²) in [5, 5.41) is 6.69. The van der Waals surface area contributed by atoms with Crippen molar-refractivity contribution in [2.75, 3.05) is 0 Å². The predicted molar refractivity (Wildman–Crippen MR) is 123 cm³/mol. The normalized spacial score (nSPS) is 47.8. The Morgan fingerprint density at radius 1 is 0.594 bits per heavy atom. The van der Waals surface area contributed by atoms with Crippen LogP contribution in [-0.2, 0) is 9.59 Å². The van der Waals surface area contributed by atoms with E-state index in [0.717, 1.165) is 91.8 Å². The summed E-state index contributed by atoms with van der Waals surface area (Å²) >= 11 is 0. The van der Waals surface area contributed by atoms with E-state index in [-0.39, 0.29) is 22.6 Å². The molecule has 2 amide bonds. The number of hydrogen-bond acceptors (Lipinski definition) is 2. The van der Waals surface area contributed by atoms with Crippen molar-refractivity contribution in [2.45, 2.75) is 89.9 Å². The van der Waals surface area contributed by atoms with Gasteiger partial charge in [0.25, 0.3) is 0 Å². The number of amides is 2. The SMILES string of the molecule is O=C(NC1=CCC=C(NC(=O)C23CC4CC(CC(C4)C2)C3)C1)C12CC3CC(CC(C3)C1)C2. The quantitative estimate of drug-likeness (QED) is 0.638. The van der Waals surface area contributed by atoms with Gasteiger partial charge in [-0.3, -0.25) is 9.59 Å². The van der Waals surface area contributed by atoms with Crippen LogP contribution in [-0.4, -0.2) is 11.8 Å². The molecule has 0 aromatic rings. The molecule has 0 radical (unpaired) electrons. The zero-order chi connectivity index (χ0) is 21.5. The van der Waals surface area contributed by atoms with E-state index in [2.05, 4.69) is 22.8 Å². The lowest BCUT2D eigenvalue weighted by molar-refractivity contribution is -0.145. The second-order valence-electron chi connectivity index (χ2n) is 13.2. The molecular weight excluding hydrogens is 396 g/mol. The van der Waals surface area contributed by atoms with Crippen molar-refractivity contribution in [1.29, 1.82) is 0 Å². The van der Waals surface area contributed by atoms with Gasteiger partial charge in [0.1, 0.15) is 0 Å². The maximum Gasteiger partial charge on any atom is 0.230 e. The summed E-state index contributed by atoms with van der Waals surface area (Å²) in [5.41, 5.74) is 1.79. The molecule has 0 heterocycles. The van der Waals surface area contributed by atoms with E-state index in [1.165, 1.54) is 38.5 Å². The van der Waals surface area contributed by atoms with Crippen LogP contribution in [0.25, 0.3) is 0 Å². The molecule has 8 bridgehead atoms. The molecule has 8 fully saturated rings. The van der Waals surface area contributed by atoms with E-state index < -0.39 is 0 Å². The van der Waals surface area contributed by atoms with Crippen molar-refractivity contribution in [3.8, 4) is 0 Å². The number of carbonyl (C=O) groups excluding carboxylic acids is 2. The monoisotopic (exact) mass is 434 g/mol. The molecule has 0 atom stereocenters. The van der Waals surface area contributed by atoms with E-state index in [4.69, 9.17) is 0 Å². The average Bonchev–Trinajstić information content (AvgIpc) is 2.72. The Hall–Kier alpha value is -1.58. The van der Waals surface area contributed by atoms with Crippen molar-refractivity contribution >= 4 is 11.8 Å². The fourth-order valence-corrected chi connectivity index (χ4v) is 10.2. The third-order valence-corrected chi connectivity index (χ3v) is 10.7. The molecule has 8 saturated carbocycles. The molecule has 9 aliphatic carbocycles. The van der Waals surface area contributed by atoms with Gasteiger partial charge in [0.2, 0.25) is 11.8 Å². The van der Waals surface area contributed by atoms with E-state index >= 15 is 0 Å². The predicted octanol–water partition coefficient (Wildman–Crippen LogP) is 5.21. The van der Waals surface area contributed by atoms with Crippen molar-refractivity contribution in [2.24, 2.45) is 46.3 Å². The van der Waals surface area contributed by atoms with E-state index in [1.54, 1.807) is 0 Å². The number of rotatable bonds is 4. The summed E-state index contributed by atoms with van der Waals surface area (Å²) in [6.07, 6.45) is 20.5. The topological polar surface area (TPSA) is 58.2 Å². The number of carbonyl (C=O) groups is 2. The lowest BCUT2D eigenvalue weighted by Crippen LogP contribution is -2.54. The highest BCUT2D eigenvalue weighted by Gasteiger charge is 2.56. The van der Waals surface area contributed by atoms with Gasteiger partial charge in [0, 0.05) is 17.8 Å². The molecular formula is C28H38N2O2. The smallest absolute Gasteiger partial charge is 0.230 e.